The molecule has 1 fully saturated rings. The van der Waals surface area contributed by atoms with E-state index in [1.165, 1.54) is 6.42 Å². The average Bonchev–Trinajstić information content (AvgIpc) is 2.49. The molecule has 1 saturated heterocycles. The lowest BCUT2D eigenvalue weighted by molar-refractivity contribution is 0.168. The van der Waals surface area contributed by atoms with Crippen LogP contribution in [0, 0.1) is 5.92 Å². The van der Waals surface area contributed by atoms with E-state index in [1.54, 1.807) is 31.2 Å². The summed E-state index contributed by atoms with van der Waals surface area (Å²) in [4.78, 5) is 25.3. The molecule has 0 unspecified atom stereocenters. The van der Waals surface area contributed by atoms with Crippen molar-refractivity contribution in [3.63, 3.8) is 0 Å². The Bertz CT molecular complexity index is 516. The van der Waals surface area contributed by atoms with E-state index in [1.807, 2.05) is 4.90 Å². The van der Waals surface area contributed by atoms with Crippen LogP contribution in [0.15, 0.2) is 24.3 Å². The van der Waals surface area contributed by atoms with Crippen LogP contribution < -0.4 is 10.6 Å². The number of anilines is 2. The van der Waals surface area contributed by atoms with Crippen LogP contribution in [0.2, 0.25) is 0 Å². The minimum atomic E-state index is -0.485. The first-order valence-electron chi connectivity index (χ1n) is 7.68. The molecule has 1 atom stereocenters. The summed E-state index contributed by atoms with van der Waals surface area (Å²) in [5.74, 6) is 0.552. The van der Waals surface area contributed by atoms with E-state index in [4.69, 9.17) is 4.74 Å². The number of urea groups is 1. The molecule has 2 N–H and O–H groups in total. The zero-order valence-corrected chi connectivity index (χ0v) is 13.1. The summed E-state index contributed by atoms with van der Waals surface area (Å²) in [5, 5.41) is 5.49. The van der Waals surface area contributed by atoms with Gasteiger partial charge in [-0.05, 0) is 49.9 Å². The summed E-state index contributed by atoms with van der Waals surface area (Å²) in [7, 11) is 0. The highest BCUT2D eigenvalue weighted by Gasteiger charge is 2.20. The zero-order valence-electron chi connectivity index (χ0n) is 13.1. The van der Waals surface area contributed by atoms with E-state index in [-0.39, 0.29) is 6.03 Å². The number of carbonyl (C=O) groups is 2. The van der Waals surface area contributed by atoms with Crippen molar-refractivity contribution in [1.29, 1.82) is 0 Å². The summed E-state index contributed by atoms with van der Waals surface area (Å²) in [6.07, 6.45) is 1.75. The first-order chi connectivity index (χ1) is 10.6. The zero-order chi connectivity index (χ0) is 15.9. The lowest BCUT2D eigenvalue weighted by Gasteiger charge is -2.30. The fraction of sp³-hybridized carbons (Fsp3) is 0.500. The van der Waals surface area contributed by atoms with Gasteiger partial charge in [-0.2, -0.15) is 0 Å². The van der Waals surface area contributed by atoms with E-state index in [2.05, 4.69) is 17.6 Å². The van der Waals surface area contributed by atoms with Crippen LogP contribution in [0.3, 0.4) is 0 Å². The first-order valence-corrected chi connectivity index (χ1v) is 7.68. The number of likely N-dealkylation sites (tertiary alicyclic amines) is 1. The largest absolute Gasteiger partial charge is 0.450 e. The van der Waals surface area contributed by atoms with Gasteiger partial charge >= 0.3 is 12.1 Å². The molecule has 0 spiro atoms. The monoisotopic (exact) mass is 305 g/mol. The average molecular weight is 305 g/mol. The van der Waals surface area contributed by atoms with Crippen molar-refractivity contribution in [3.05, 3.63) is 24.3 Å². The maximum absolute atomic E-state index is 12.2. The molecular weight excluding hydrogens is 282 g/mol. The van der Waals surface area contributed by atoms with Gasteiger partial charge in [0.15, 0.2) is 0 Å². The van der Waals surface area contributed by atoms with E-state index in [0.29, 0.717) is 23.9 Å². The molecule has 1 heterocycles. The molecule has 22 heavy (non-hydrogen) atoms. The van der Waals surface area contributed by atoms with Crippen LogP contribution in [0.1, 0.15) is 26.7 Å². The molecule has 0 radical (unpaired) electrons. The van der Waals surface area contributed by atoms with Crippen molar-refractivity contribution in [2.75, 3.05) is 30.3 Å². The molecule has 1 aromatic rings. The molecule has 1 aromatic carbocycles. The SMILES string of the molecule is CCOC(=O)Nc1ccc(NC(=O)N2CCC[C@@H](C)C2)cc1. The minimum Gasteiger partial charge on any atom is -0.450 e. The van der Waals surface area contributed by atoms with Crippen LogP contribution in [0.4, 0.5) is 21.0 Å². The number of hydrogen-bond acceptors (Lipinski definition) is 3. The second-order valence-electron chi connectivity index (χ2n) is 5.55. The summed E-state index contributed by atoms with van der Waals surface area (Å²) < 4.78 is 4.80. The Balaban J connectivity index is 1.87. The van der Waals surface area contributed by atoms with Gasteiger partial charge in [0.05, 0.1) is 6.61 Å². The third kappa shape index (κ3) is 4.65. The minimum absolute atomic E-state index is 0.0716. The number of nitrogens with one attached hydrogen (secondary N) is 2. The molecule has 1 aliphatic rings. The Kier molecular flexibility index (Phi) is 5.63. The molecule has 0 aliphatic carbocycles. The van der Waals surface area contributed by atoms with Crippen molar-refractivity contribution in [2.45, 2.75) is 26.7 Å². The summed E-state index contributed by atoms with van der Waals surface area (Å²) in [5.41, 5.74) is 1.33. The summed E-state index contributed by atoms with van der Waals surface area (Å²) in [6, 6.07) is 6.90. The number of nitrogens with zero attached hydrogens (tertiary/aromatic N) is 1. The number of piperidine rings is 1. The molecule has 1 aliphatic heterocycles. The highest BCUT2D eigenvalue weighted by molar-refractivity contribution is 5.90. The second-order valence-corrected chi connectivity index (χ2v) is 5.55. The smallest absolute Gasteiger partial charge is 0.411 e. The van der Waals surface area contributed by atoms with E-state index >= 15 is 0 Å². The normalized spacial score (nSPS) is 17.7. The van der Waals surface area contributed by atoms with Gasteiger partial charge in [0.1, 0.15) is 0 Å². The van der Waals surface area contributed by atoms with Crippen LogP contribution in [0.25, 0.3) is 0 Å². The van der Waals surface area contributed by atoms with Crippen LogP contribution in [-0.4, -0.2) is 36.7 Å². The number of ether oxygens (including phenoxy) is 1. The van der Waals surface area contributed by atoms with Crippen molar-refractivity contribution in [3.8, 4) is 0 Å². The van der Waals surface area contributed by atoms with Gasteiger partial charge in [-0.3, -0.25) is 5.32 Å². The Morgan fingerprint density at radius 2 is 1.86 bits per heavy atom. The van der Waals surface area contributed by atoms with Crippen molar-refractivity contribution >= 4 is 23.5 Å². The van der Waals surface area contributed by atoms with Crippen LogP contribution >= 0.6 is 0 Å². The number of benzene rings is 1. The second kappa shape index (κ2) is 7.68. The Hall–Kier alpha value is -2.24. The molecule has 2 rings (SSSR count). The number of hydrogen-bond donors (Lipinski definition) is 2. The predicted octanol–water partition coefficient (Wildman–Crippen LogP) is 3.52. The van der Waals surface area contributed by atoms with Gasteiger partial charge in [0.2, 0.25) is 0 Å². The molecule has 120 valence electrons. The lowest BCUT2D eigenvalue weighted by atomic mass is 10.0. The fourth-order valence-electron chi connectivity index (χ4n) is 2.50. The van der Waals surface area contributed by atoms with Gasteiger partial charge in [-0.15, -0.1) is 0 Å². The maximum Gasteiger partial charge on any atom is 0.411 e. The highest BCUT2D eigenvalue weighted by atomic mass is 16.5. The van der Waals surface area contributed by atoms with Crippen molar-refractivity contribution < 1.29 is 14.3 Å². The maximum atomic E-state index is 12.2. The highest BCUT2D eigenvalue weighted by Crippen LogP contribution is 2.18. The molecular formula is C16H23N3O3. The van der Waals surface area contributed by atoms with Crippen LogP contribution in [-0.2, 0) is 4.74 Å². The molecule has 0 aromatic heterocycles. The molecule has 3 amide bonds. The third-order valence-corrected chi connectivity index (χ3v) is 3.60. The third-order valence-electron chi connectivity index (χ3n) is 3.60. The molecule has 6 heteroatoms. The first kappa shape index (κ1) is 16.1. The van der Waals surface area contributed by atoms with Gasteiger partial charge in [-0.1, -0.05) is 6.92 Å². The lowest BCUT2D eigenvalue weighted by Crippen LogP contribution is -2.41. The Labute approximate surface area is 130 Å². The van der Waals surface area contributed by atoms with Crippen LogP contribution in [0.5, 0.6) is 0 Å². The number of amides is 3. The summed E-state index contributed by atoms with van der Waals surface area (Å²) in [6.45, 7) is 5.84. The van der Waals surface area contributed by atoms with Gasteiger partial charge in [0, 0.05) is 24.5 Å². The fourth-order valence-corrected chi connectivity index (χ4v) is 2.50. The standard InChI is InChI=1S/C16H23N3O3/c1-3-22-16(21)18-14-8-6-13(7-9-14)17-15(20)19-10-4-5-12(2)11-19/h6-9,12H,3-5,10-11H2,1-2H3,(H,17,20)(H,18,21)/t12-/m1/s1. The predicted molar refractivity (Wildman–Crippen MR) is 86.1 cm³/mol. The van der Waals surface area contributed by atoms with E-state index < -0.39 is 6.09 Å². The quantitative estimate of drug-likeness (QED) is 0.897. The van der Waals surface area contributed by atoms with Crippen molar-refractivity contribution in [2.24, 2.45) is 5.92 Å². The van der Waals surface area contributed by atoms with Gasteiger partial charge in [0.25, 0.3) is 0 Å². The Morgan fingerprint density at radius 3 is 2.45 bits per heavy atom. The molecule has 0 saturated carbocycles. The summed E-state index contributed by atoms with van der Waals surface area (Å²) >= 11 is 0. The van der Waals surface area contributed by atoms with E-state index in [0.717, 1.165) is 19.5 Å². The molecule has 0 bridgehead atoms. The van der Waals surface area contributed by atoms with Gasteiger partial charge in [-0.25, -0.2) is 9.59 Å². The Morgan fingerprint density at radius 1 is 1.23 bits per heavy atom. The van der Waals surface area contributed by atoms with E-state index in [9.17, 15) is 9.59 Å². The number of carbonyl (C=O) groups excluding carboxylic acids is 2. The topological polar surface area (TPSA) is 70.7 Å². The van der Waals surface area contributed by atoms with Gasteiger partial charge < -0.3 is 15.0 Å². The van der Waals surface area contributed by atoms with Crippen molar-refractivity contribution in [1.82, 2.24) is 4.90 Å². The molecule has 6 nitrogen and oxygen atoms in total. The number of rotatable bonds is 3.